The van der Waals surface area contributed by atoms with Crippen LogP contribution in [0.3, 0.4) is 0 Å². The minimum Gasteiger partial charge on any atom is -0.481 e. The lowest BCUT2D eigenvalue weighted by Crippen LogP contribution is -2.38. The Morgan fingerprint density at radius 1 is 1.33 bits per heavy atom. The Morgan fingerprint density at radius 2 is 2.17 bits per heavy atom. The van der Waals surface area contributed by atoms with E-state index in [4.69, 9.17) is 4.74 Å². The topological polar surface area (TPSA) is 54.4 Å². The number of ether oxygens (including phenoxy) is 1. The molecule has 1 aliphatic carbocycles. The highest BCUT2D eigenvalue weighted by Gasteiger charge is 2.56. The number of thiazole rings is 1. The number of aromatic nitrogens is 3. The van der Waals surface area contributed by atoms with E-state index in [1.54, 1.807) is 30.7 Å². The molecular formula is C17H23N5OS. The Balaban J connectivity index is 1.35. The van der Waals surface area contributed by atoms with Crippen molar-refractivity contribution in [1.82, 2.24) is 19.9 Å². The van der Waals surface area contributed by atoms with Gasteiger partial charge in [0.25, 0.3) is 0 Å². The van der Waals surface area contributed by atoms with Crippen LogP contribution in [0.1, 0.15) is 24.3 Å². The maximum atomic E-state index is 5.21. The number of hydrogen-bond donors (Lipinski definition) is 0. The molecule has 1 unspecified atom stereocenters. The van der Waals surface area contributed by atoms with E-state index in [9.17, 15) is 0 Å². The molecule has 0 N–H and O–H groups in total. The molecule has 6 nitrogen and oxygen atoms in total. The van der Waals surface area contributed by atoms with Crippen LogP contribution in [-0.4, -0.2) is 53.1 Å². The van der Waals surface area contributed by atoms with E-state index in [2.05, 4.69) is 37.2 Å². The fourth-order valence-corrected chi connectivity index (χ4v) is 4.57. The molecule has 0 bridgehead atoms. The van der Waals surface area contributed by atoms with E-state index in [0.717, 1.165) is 25.6 Å². The lowest BCUT2D eigenvalue weighted by molar-refractivity contribution is 0.238. The molecule has 1 spiro atoms. The molecule has 2 aromatic heterocycles. The van der Waals surface area contributed by atoms with Crippen molar-refractivity contribution >= 4 is 17.3 Å². The monoisotopic (exact) mass is 345 g/mol. The van der Waals surface area contributed by atoms with Crippen LogP contribution < -0.4 is 9.64 Å². The lowest BCUT2D eigenvalue weighted by Gasteiger charge is -2.34. The van der Waals surface area contributed by atoms with Gasteiger partial charge in [0.05, 0.1) is 13.7 Å². The molecule has 3 heterocycles. The summed E-state index contributed by atoms with van der Waals surface area (Å²) in [6.07, 6.45) is 7.39. The van der Waals surface area contributed by atoms with Crippen molar-refractivity contribution in [3.05, 3.63) is 28.8 Å². The van der Waals surface area contributed by atoms with Crippen molar-refractivity contribution in [1.29, 1.82) is 0 Å². The van der Waals surface area contributed by atoms with Crippen LogP contribution in [-0.2, 0) is 6.54 Å². The Bertz CT molecular complexity index is 684. The van der Waals surface area contributed by atoms with Crippen molar-refractivity contribution in [3.8, 4) is 5.88 Å². The van der Waals surface area contributed by atoms with Crippen molar-refractivity contribution in [3.63, 3.8) is 0 Å². The Kier molecular flexibility index (Phi) is 4.14. The number of anilines is 1. The van der Waals surface area contributed by atoms with Gasteiger partial charge < -0.3 is 9.64 Å². The minimum atomic E-state index is 0.487. The van der Waals surface area contributed by atoms with E-state index < -0.39 is 0 Å². The van der Waals surface area contributed by atoms with E-state index in [0.29, 0.717) is 17.3 Å². The van der Waals surface area contributed by atoms with Gasteiger partial charge >= 0.3 is 0 Å². The summed E-state index contributed by atoms with van der Waals surface area (Å²) >= 11 is 1.74. The molecule has 1 saturated carbocycles. The van der Waals surface area contributed by atoms with Crippen LogP contribution in [0.25, 0.3) is 0 Å². The minimum absolute atomic E-state index is 0.487. The smallest absolute Gasteiger partial charge is 0.228 e. The summed E-state index contributed by atoms with van der Waals surface area (Å²) < 4.78 is 5.21. The SMILES string of the molecule is COc1ccnc(N2CCC3(CC2)CC3N(C)Cc2nccs2)n1. The zero-order chi connectivity index (χ0) is 16.6. The molecule has 4 rings (SSSR count). The summed E-state index contributed by atoms with van der Waals surface area (Å²) in [7, 11) is 3.88. The molecule has 2 aliphatic rings. The molecular weight excluding hydrogens is 322 g/mol. The van der Waals surface area contributed by atoms with E-state index >= 15 is 0 Å². The van der Waals surface area contributed by atoms with Gasteiger partial charge in [-0.1, -0.05) is 0 Å². The van der Waals surface area contributed by atoms with Gasteiger partial charge in [-0.15, -0.1) is 11.3 Å². The normalized spacial score (nSPS) is 22.1. The molecule has 1 atom stereocenters. The van der Waals surface area contributed by atoms with E-state index in [1.165, 1.54) is 24.3 Å². The van der Waals surface area contributed by atoms with Gasteiger partial charge in [-0.05, 0) is 31.7 Å². The Hall–Kier alpha value is -1.73. The summed E-state index contributed by atoms with van der Waals surface area (Å²) in [5, 5.41) is 3.26. The summed E-state index contributed by atoms with van der Waals surface area (Å²) in [6.45, 7) is 3.01. The Labute approximate surface area is 146 Å². The molecule has 1 saturated heterocycles. The molecule has 2 fully saturated rings. The zero-order valence-electron chi connectivity index (χ0n) is 14.2. The third-order valence-corrected chi connectivity index (χ3v) is 6.18. The lowest BCUT2D eigenvalue weighted by atomic mass is 9.92. The number of hydrogen-bond acceptors (Lipinski definition) is 7. The fourth-order valence-electron chi connectivity index (χ4n) is 3.89. The number of methoxy groups -OCH3 is 1. The second-order valence-electron chi connectivity index (χ2n) is 6.81. The second kappa shape index (κ2) is 6.29. The molecule has 0 aromatic carbocycles. The van der Waals surface area contributed by atoms with Gasteiger partial charge in [0.2, 0.25) is 11.8 Å². The van der Waals surface area contributed by atoms with E-state index in [-0.39, 0.29) is 0 Å². The van der Waals surface area contributed by atoms with Gasteiger partial charge in [-0.3, -0.25) is 4.90 Å². The van der Waals surface area contributed by atoms with Crippen LogP contribution >= 0.6 is 11.3 Å². The molecule has 0 radical (unpaired) electrons. The molecule has 2 aromatic rings. The van der Waals surface area contributed by atoms with Gasteiger partial charge in [0, 0.05) is 43.0 Å². The molecule has 128 valence electrons. The summed E-state index contributed by atoms with van der Waals surface area (Å²) in [4.78, 5) is 18.0. The summed E-state index contributed by atoms with van der Waals surface area (Å²) in [5.41, 5.74) is 0.487. The van der Waals surface area contributed by atoms with Gasteiger partial charge in [-0.2, -0.15) is 4.98 Å². The Morgan fingerprint density at radius 3 is 2.88 bits per heavy atom. The summed E-state index contributed by atoms with van der Waals surface area (Å²) in [5.74, 6) is 1.42. The first kappa shape index (κ1) is 15.8. The molecule has 7 heteroatoms. The third kappa shape index (κ3) is 2.98. The number of nitrogens with zero attached hydrogens (tertiary/aromatic N) is 5. The first-order valence-corrected chi connectivity index (χ1v) is 9.29. The third-order valence-electron chi connectivity index (χ3n) is 5.42. The predicted octanol–water partition coefficient (Wildman–Crippen LogP) is 2.43. The van der Waals surface area contributed by atoms with Crippen LogP contribution in [0.2, 0.25) is 0 Å². The molecule has 0 amide bonds. The number of piperidine rings is 1. The average molecular weight is 345 g/mol. The second-order valence-corrected chi connectivity index (χ2v) is 7.79. The van der Waals surface area contributed by atoms with Crippen molar-refractivity contribution in [2.24, 2.45) is 5.41 Å². The van der Waals surface area contributed by atoms with E-state index in [1.807, 2.05) is 6.20 Å². The highest BCUT2D eigenvalue weighted by molar-refractivity contribution is 7.09. The van der Waals surface area contributed by atoms with Crippen molar-refractivity contribution < 1.29 is 4.74 Å². The first-order valence-electron chi connectivity index (χ1n) is 8.41. The maximum absolute atomic E-state index is 5.21. The molecule has 24 heavy (non-hydrogen) atoms. The standard InChI is InChI=1S/C17H23N5OS/c1-21(12-15-18-7-10-24-15)13-11-17(13)4-8-22(9-5-17)16-19-6-3-14(20-16)23-2/h3,6-7,10,13H,4-5,8-9,11-12H2,1-2H3. The largest absolute Gasteiger partial charge is 0.481 e. The first-order chi connectivity index (χ1) is 11.7. The average Bonchev–Trinajstić information content (AvgIpc) is 3.07. The molecule has 1 aliphatic heterocycles. The van der Waals surface area contributed by atoms with Crippen molar-refractivity contribution in [2.75, 3.05) is 32.1 Å². The fraction of sp³-hybridized carbons (Fsp3) is 0.588. The van der Waals surface area contributed by atoms with Crippen LogP contribution in [0.15, 0.2) is 23.8 Å². The van der Waals surface area contributed by atoms with Crippen LogP contribution in [0.5, 0.6) is 5.88 Å². The number of rotatable bonds is 5. The highest BCUT2D eigenvalue weighted by Crippen LogP contribution is 2.56. The highest BCUT2D eigenvalue weighted by atomic mass is 32.1. The summed E-state index contributed by atoms with van der Waals surface area (Å²) in [6, 6.07) is 2.48. The zero-order valence-corrected chi connectivity index (χ0v) is 15.0. The predicted molar refractivity (Wildman–Crippen MR) is 94.5 cm³/mol. The van der Waals surface area contributed by atoms with Gasteiger partial charge in [0.1, 0.15) is 5.01 Å². The van der Waals surface area contributed by atoms with Crippen LogP contribution in [0.4, 0.5) is 5.95 Å². The van der Waals surface area contributed by atoms with Gasteiger partial charge in [0.15, 0.2) is 0 Å². The van der Waals surface area contributed by atoms with Gasteiger partial charge in [-0.25, -0.2) is 9.97 Å². The quantitative estimate of drug-likeness (QED) is 0.830. The maximum Gasteiger partial charge on any atom is 0.228 e. The van der Waals surface area contributed by atoms with Crippen molar-refractivity contribution in [2.45, 2.75) is 31.8 Å². The van der Waals surface area contributed by atoms with Crippen LogP contribution in [0, 0.1) is 5.41 Å².